The van der Waals surface area contributed by atoms with E-state index in [1.165, 1.54) is 11.3 Å². The van der Waals surface area contributed by atoms with E-state index in [0.717, 1.165) is 12.2 Å². The van der Waals surface area contributed by atoms with Gasteiger partial charge in [-0.05, 0) is 25.5 Å². The summed E-state index contributed by atoms with van der Waals surface area (Å²) in [5.74, 6) is -0.400. The number of aromatic nitrogens is 2. The van der Waals surface area contributed by atoms with Gasteiger partial charge in [-0.25, -0.2) is 0 Å². The molecule has 0 fully saturated rings. The maximum absolute atomic E-state index is 12.0. The molecule has 0 bridgehead atoms. The van der Waals surface area contributed by atoms with Gasteiger partial charge in [-0.1, -0.05) is 0 Å². The molecule has 0 atom stereocenters. The second kappa shape index (κ2) is 7.05. The lowest BCUT2D eigenvalue weighted by molar-refractivity contribution is 0.0999. The van der Waals surface area contributed by atoms with Crippen LogP contribution in [0, 0.1) is 0 Å². The van der Waals surface area contributed by atoms with Crippen LogP contribution in [-0.4, -0.2) is 48.0 Å². The highest BCUT2D eigenvalue weighted by Gasteiger charge is 2.17. The third-order valence-electron chi connectivity index (χ3n) is 2.80. The Morgan fingerprint density at radius 2 is 2.27 bits per heavy atom. The van der Waals surface area contributed by atoms with Crippen LogP contribution in [0.5, 0.6) is 0 Å². The number of aromatic amines is 1. The topological polar surface area (TPSA) is 116 Å². The number of likely N-dealkylation sites (N-methyl/N-ethyl adjacent to an activating group) is 1. The zero-order valence-electron chi connectivity index (χ0n) is 12.3. The van der Waals surface area contributed by atoms with Crippen molar-refractivity contribution in [2.75, 3.05) is 37.8 Å². The molecule has 0 radical (unpaired) electrons. The summed E-state index contributed by atoms with van der Waals surface area (Å²) in [5, 5.41) is 9.66. The summed E-state index contributed by atoms with van der Waals surface area (Å²) < 4.78 is 0. The van der Waals surface area contributed by atoms with Crippen molar-refractivity contribution in [2.45, 2.75) is 0 Å². The average Bonchev–Trinajstić information content (AvgIpc) is 2.90. The van der Waals surface area contributed by atoms with Crippen molar-refractivity contribution in [3.8, 4) is 0 Å². The Balaban J connectivity index is 2.28. The van der Waals surface area contributed by atoms with Crippen LogP contribution < -0.4 is 21.9 Å². The molecular formula is C13H18N6O2S. The number of primary amides is 1. The second-order valence-electron chi connectivity index (χ2n) is 4.87. The summed E-state index contributed by atoms with van der Waals surface area (Å²) in [6, 6.07) is 1.82. The molecule has 1 amide bonds. The number of hydrogen-bond donors (Lipinski definition) is 4. The number of H-pyrrole nitrogens is 1. The Bertz CT molecular complexity index is 695. The minimum Gasteiger partial charge on any atom is -0.365 e. The number of amides is 1. The number of carbonyl (C=O) groups is 1. The Labute approximate surface area is 131 Å². The number of nitrogens with two attached hydrogens (primary N) is 1. The molecule has 5 N–H and O–H groups in total. The maximum atomic E-state index is 12.0. The summed E-state index contributed by atoms with van der Waals surface area (Å²) >= 11 is 1.49. The predicted octanol–water partition coefficient (Wildman–Crippen LogP) is 0.647. The number of nitrogens with one attached hydrogen (secondary N) is 3. The molecule has 0 saturated carbocycles. The molecule has 0 aliphatic rings. The highest BCUT2D eigenvalue weighted by atomic mass is 32.1. The molecule has 0 aliphatic heterocycles. The van der Waals surface area contributed by atoms with Crippen molar-refractivity contribution in [2.24, 2.45) is 5.73 Å². The lowest BCUT2D eigenvalue weighted by Crippen LogP contribution is -2.28. The maximum Gasteiger partial charge on any atom is 0.267 e. The van der Waals surface area contributed by atoms with Crippen LogP contribution in [0.1, 0.15) is 10.4 Å². The first-order valence-corrected chi connectivity index (χ1v) is 7.53. The van der Waals surface area contributed by atoms with E-state index in [4.69, 9.17) is 5.73 Å². The van der Waals surface area contributed by atoms with Crippen molar-refractivity contribution in [1.29, 1.82) is 0 Å². The molecule has 0 spiro atoms. The van der Waals surface area contributed by atoms with E-state index in [1.807, 2.05) is 35.8 Å². The zero-order valence-corrected chi connectivity index (χ0v) is 13.2. The van der Waals surface area contributed by atoms with Gasteiger partial charge in [0.2, 0.25) is 5.95 Å². The summed E-state index contributed by atoms with van der Waals surface area (Å²) in [6.45, 7) is 1.37. The van der Waals surface area contributed by atoms with Gasteiger partial charge in [0.1, 0.15) is 5.56 Å². The van der Waals surface area contributed by atoms with Gasteiger partial charge in [-0.2, -0.15) is 16.3 Å². The molecule has 22 heavy (non-hydrogen) atoms. The summed E-state index contributed by atoms with van der Waals surface area (Å²) in [5.41, 5.74) is 5.24. The predicted molar refractivity (Wildman–Crippen MR) is 88.0 cm³/mol. The van der Waals surface area contributed by atoms with E-state index >= 15 is 0 Å². The minimum atomic E-state index is -0.827. The monoisotopic (exact) mass is 322 g/mol. The molecule has 0 aromatic carbocycles. The normalized spacial score (nSPS) is 10.7. The molecule has 8 nitrogen and oxygen atoms in total. The van der Waals surface area contributed by atoms with E-state index in [1.54, 1.807) is 0 Å². The number of thiophene rings is 1. The SMILES string of the molecule is CN(C)CCNc1nc(Nc2ccsc2)c(C(N)=O)c(=O)[nH]1. The van der Waals surface area contributed by atoms with Gasteiger partial charge in [-0.3, -0.25) is 14.6 Å². The van der Waals surface area contributed by atoms with Crippen molar-refractivity contribution in [3.63, 3.8) is 0 Å². The Hall–Kier alpha value is -2.39. The first-order valence-electron chi connectivity index (χ1n) is 6.59. The van der Waals surface area contributed by atoms with Crippen molar-refractivity contribution in [3.05, 3.63) is 32.7 Å². The second-order valence-corrected chi connectivity index (χ2v) is 5.65. The third kappa shape index (κ3) is 4.06. The van der Waals surface area contributed by atoms with Crippen LogP contribution in [0.25, 0.3) is 0 Å². The van der Waals surface area contributed by atoms with Crippen molar-refractivity contribution in [1.82, 2.24) is 14.9 Å². The summed E-state index contributed by atoms with van der Waals surface area (Å²) in [4.78, 5) is 32.3. The lowest BCUT2D eigenvalue weighted by Gasteiger charge is -2.12. The number of nitrogens with zero attached hydrogens (tertiary/aromatic N) is 2. The van der Waals surface area contributed by atoms with Gasteiger partial charge in [0.25, 0.3) is 11.5 Å². The lowest BCUT2D eigenvalue weighted by atomic mass is 10.3. The molecule has 0 aliphatic carbocycles. The Morgan fingerprint density at radius 3 is 2.86 bits per heavy atom. The van der Waals surface area contributed by atoms with Gasteiger partial charge < -0.3 is 21.3 Å². The van der Waals surface area contributed by atoms with E-state index in [2.05, 4.69) is 20.6 Å². The van der Waals surface area contributed by atoms with Gasteiger partial charge in [0.05, 0.1) is 5.69 Å². The molecule has 0 unspecified atom stereocenters. The van der Waals surface area contributed by atoms with Crippen molar-refractivity contribution < 1.29 is 4.79 Å². The van der Waals surface area contributed by atoms with E-state index in [-0.39, 0.29) is 17.3 Å². The molecule has 0 saturated heterocycles. The van der Waals surface area contributed by atoms with Crippen LogP contribution in [0.4, 0.5) is 17.5 Å². The Kier molecular flexibility index (Phi) is 5.12. The van der Waals surface area contributed by atoms with Gasteiger partial charge in [-0.15, -0.1) is 0 Å². The summed E-state index contributed by atoms with van der Waals surface area (Å²) in [7, 11) is 3.88. The van der Waals surface area contributed by atoms with Crippen LogP contribution in [-0.2, 0) is 0 Å². The average molecular weight is 322 g/mol. The van der Waals surface area contributed by atoms with Gasteiger partial charge in [0, 0.05) is 18.5 Å². The van der Waals surface area contributed by atoms with Crippen LogP contribution in [0.2, 0.25) is 0 Å². The first kappa shape index (κ1) is 16.0. The van der Waals surface area contributed by atoms with Crippen LogP contribution in [0.15, 0.2) is 21.6 Å². The molecular weight excluding hydrogens is 304 g/mol. The van der Waals surface area contributed by atoms with Crippen LogP contribution in [0.3, 0.4) is 0 Å². The highest BCUT2D eigenvalue weighted by Crippen LogP contribution is 2.19. The van der Waals surface area contributed by atoms with E-state index < -0.39 is 11.5 Å². The largest absolute Gasteiger partial charge is 0.365 e. The van der Waals surface area contributed by atoms with Crippen molar-refractivity contribution >= 4 is 34.7 Å². The molecule has 2 aromatic rings. The number of rotatable bonds is 7. The quantitative estimate of drug-likeness (QED) is 0.595. The fourth-order valence-corrected chi connectivity index (χ4v) is 2.33. The molecule has 2 aromatic heterocycles. The zero-order chi connectivity index (χ0) is 16.1. The highest BCUT2D eigenvalue weighted by molar-refractivity contribution is 7.08. The smallest absolute Gasteiger partial charge is 0.267 e. The molecule has 2 heterocycles. The number of anilines is 3. The van der Waals surface area contributed by atoms with E-state index in [0.29, 0.717) is 6.54 Å². The fourth-order valence-electron chi connectivity index (χ4n) is 1.75. The molecule has 9 heteroatoms. The summed E-state index contributed by atoms with van der Waals surface area (Å²) in [6.07, 6.45) is 0. The standard InChI is InChI=1S/C13H18N6O2S/c1-19(2)5-4-15-13-17-11(16-8-3-6-22-7-8)9(10(14)20)12(21)18-13/h3,6-7H,4-5H2,1-2H3,(H2,14,20)(H3,15,16,17,18,21). The van der Waals surface area contributed by atoms with E-state index in [9.17, 15) is 9.59 Å². The number of hydrogen-bond acceptors (Lipinski definition) is 7. The van der Waals surface area contributed by atoms with Gasteiger partial charge >= 0.3 is 0 Å². The minimum absolute atomic E-state index is 0.141. The third-order valence-corrected chi connectivity index (χ3v) is 3.48. The van der Waals surface area contributed by atoms with Gasteiger partial charge in [0.15, 0.2) is 5.82 Å². The fraction of sp³-hybridized carbons (Fsp3) is 0.308. The number of carbonyl (C=O) groups excluding carboxylic acids is 1. The Morgan fingerprint density at radius 1 is 1.50 bits per heavy atom. The first-order chi connectivity index (χ1) is 10.5. The molecule has 118 valence electrons. The van der Waals surface area contributed by atoms with Crippen LogP contribution >= 0.6 is 11.3 Å². The molecule has 2 rings (SSSR count).